The van der Waals surface area contributed by atoms with Gasteiger partial charge < -0.3 is 9.30 Å². The van der Waals surface area contributed by atoms with Gasteiger partial charge in [0.25, 0.3) is 0 Å². The fourth-order valence-corrected chi connectivity index (χ4v) is 8.20. The molecule has 2 aromatic heterocycles. The number of hydrogen-bond acceptors (Lipinski definition) is 5. The van der Waals surface area contributed by atoms with Gasteiger partial charge in [0.2, 0.25) is 0 Å². The van der Waals surface area contributed by atoms with Crippen molar-refractivity contribution in [3.05, 3.63) is 53.9 Å². The number of pyridine rings is 1. The molecule has 3 aliphatic rings. The normalized spacial score (nSPS) is 25.9. The number of hydrogen-bond donors (Lipinski definition) is 0. The molecule has 6 rings (SSSR count). The van der Waals surface area contributed by atoms with Crippen molar-refractivity contribution in [2.45, 2.75) is 101 Å². The molecular weight excluding hydrogens is 516 g/mol. The van der Waals surface area contributed by atoms with Crippen molar-refractivity contribution in [1.29, 1.82) is 0 Å². The topological polar surface area (TPSA) is 57.9 Å². The van der Waals surface area contributed by atoms with Crippen LogP contribution in [-0.4, -0.2) is 71.6 Å². The maximum absolute atomic E-state index is 11.8. The summed E-state index contributed by atoms with van der Waals surface area (Å²) in [7, 11) is -3.21. The Morgan fingerprint density at radius 2 is 1.73 bits per heavy atom. The van der Waals surface area contributed by atoms with Crippen LogP contribution in [0.5, 0.6) is 0 Å². The first-order valence-corrected chi connectivity index (χ1v) is 17.4. The van der Waals surface area contributed by atoms with Gasteiger partial charge in [-0.05, 0) is 107 Å². The molecule has 3 fully saturated rings. The van der Waals surface area contributed by atoms with Gasteiger partial charge in [0.05, 0.1) is 10.6 Å². The van der Waals surface area contributed by atoms with E-state index < -0.39 is 9.84 Å². The summed E-state index contributed by atoms with van der Waals surface area (Å²) >= 11 is 0. The zero-order valence-electron chi connectivity index (χ0n) is 24.7. The predicted octanol–water partition coefficient (Wildman–Crippen LogP) is 6.32. The van der Waals surface area contributed by atoms with Crippen LogP contribution in [-0.2, 0) is 9.84 Å². The molecule has 2 saturated heterocycles. The van der Waals surface area contributed by atoms with E-state index in [1.54, 1.807) is 12.1 Å². The lowest BCUT2D eigenvalue weighted by molar-refractivity contribution is 0.00142. The number of likely N-dealkylation sites (tertiary alicyclic amines) is 2. The van der Waals surface area contributed by atoms with E-state index >= 15 is 0 Å². The van der Waals surface area contributed by atoms with Crippen molar-refractivity contribution in [1.82, 2.24) is 19.2 Å². The van der Waals surface area contributed by atoms with Gasteiger partial charge in [-0.1, -0.05) is 31.5 Å². The largest absolute Gasteiger partial charge is 0.306 e. The molecule has 7 heteroatoms. The number of nitrogens with zero attached hydrogens (tertiary/aromatic N) is 4. The number of fused-ring (bicyclic) bond motifs is 1. The van der Waals surface area contributed by atoms with Gasteiger partial charge in [-0.15, -0.1) is 0 Å². The Labute approximate surface area is 240 Å². The lowest BCUT2D eigenvalue weighted by Gasteiger charge is -2.50. The van der Waals surface area contributed by atoms with Crippen molar-refractivity contribution in [3.8, 4) is 11.3 Å². The Morgan fingerprint density at radius 1 is 1.00 bits per heavy atom. The Bertz CT molecular complexity index is 1440. The van der Waals surface area contributed by atoms with Crippen LogP contribution in [0.25, 0.3) is 16.9 Å². The summed E-state index contributed by atoms with van der Waals surface area (Å²) in [6, 6.07) is 11.6. The van der Waals surface area contributed by atoms with Crippen LogP contribution in [0.4, 0.5) is 0 Å². The summed E-state index contributed by atoms with van der Waals surface area (Å²) in [6.07, 6.45) is 16.3. The zero-order valence-corrected chi connectivity index (χ0v) is 25.5. The van der Waals surface area contributed by atoms with Gasteiger partial charge in [0.15, 0.2) is 9.84 Å². The third-order valence-corrected chi connectivity index (χ3v) is 11.3. The van der Waals surface area contributed by atoms with Gasteiger partial charge >= 0.3 is 0 Å². The van der Waals surface area contributed by atoms with Crippen molar-refractivity contribution < 1.29 is 8.42 Å². The molecule has 3 aromatic rings. The highest BCUT2D eigenvalue weighted by molar-refractivity contribution is 7.90. The van der Waals surface area contributed by atoms with Gasteiger partial charge in [-0.3, -0.25) is 4.90 Å². The van der Waals surface area contributed by atoms with Gasteiger partial charge in [-0.2, -0.15) is 0 Å². The first kappa shape index (κ1) is 27.9. The quantitative estimate of drug-likeness (QED) is 0.337. The van der Waals surface area contributed by atoms with Crippen molar-refractivity contribution in [2.24, 2.45) is 5.92 Å². The second-order valence-electron chi connectivity index (χ2n) is 13.0. The number of benzene rings is 1. The molecule has 3 atom stereocenters. The smallest absolute Gasteiger partial charge is 0.175 e. The minimum Gasteiger partial charge on any atom is -0.306 e. The van der Waals surface area contributed by atoms with Crippen LogP contribution in [0.15, 0.2) is 47.6 Å². The highest BCUT2D eigenvalue weighted by atomic mass is 32.2. The summed E-state index contributed by atoms with van der Waals surface area (Å²) in [6.45, 7) is 10.8. The number of piperidine rings is 2. The van der Waals surface area contributed by atoms with Crippen LogP contribution >= 0.6 is 0 Å². The van der Waals surface area contributed by atoms with E-state index in [1.165, 1.54) is 88.4 Å². The number of rotatable bonds is 7. The van der Waals surface area contributed by atoms with E-state index in [9.17, 15) is 8.42 Å². The molecule has 0 bridgehead atoms. The summed E-state index contributed by atoms with van der Waals surface area (Å²) < 4.78 is 25.9. The van der Waals surface area contributed by atoms with Gasteiger partial charge in [0.1, 0.15) is 5.65 Å². The lowest BCUT2D eigenvalue weighted by atomic mass is 9.81. The van der Waals surface area contributed by atoms with Gasteiger partial charge in [0, 0.05) is 48.9 Å². The summed E-state index contributed by atoms with van der Waals surface area (Å²) in [5.41, 5.74) is 5.38. The fraction of sp³-hybridized carbons (Fsp3) is 0.606. The molecule has 1 aliphatic carbocycles. The van der Waals surface area contributed by atoms with Crippen LogP contribution in [0.3, 0.4) is 0 Å². The van der Waals surface area contributed by atoms with Gasteiger partial charge in [-0.25, -0.2) is 13.4 Å². The minimum absolute atomic E-state index is 0.337. The van der Waals surface area contributed by atoms with E-state index in [1.807, 2.05) is 12.1 Å². The number of imidazole rings is 1. The van der Waals surface area contributed by atoms with E-state index in [0.29, 0.717) is 16.9 Å². The maximum Gasteiger partial charge on any atom is 0.175 e. The molecule has 3 unspecified atom stereocenters. The Hall–Kier alpha value is -2.22. The Kier molecular flexibility index (Phi) is 7.83. The van der Waals surface area contributed by atoms with Crippen LogP contribution in [0.2, 0.25) is 0 Å². The number of aromatic nitrogens is 2. The van der Waals surface area contributed by atoms with Crippen LogP contribution in [0.1, 0.15) is 82.3 Å². The highest BCUT2D eigenvalue weighted by Crippen LogP contribution is 2.37. The average Bonchev–Trinajstić information content (AvgIpc) is 3.36. The SMILES string of the molecule is CCC1CC(N2CCC(c3cc(C)c4nc(-c5ccc(S(C)(=O)=O)cc5)cn4c3)CC2)CC(C)N1CC1CCC1. The molecule has 6 nitrogen and oxygen atoms in total. The van der Waals surface area contributed by atoms with Crippen LogP contribution in [0, 0.1) is 12.8 Å². The molecular formula is C33H46N4O2S. The van der Waals surface area contributed by atoms with E-state index in [-0.39, 0.29) is 0 Å². The first-order chi connectivity index (χ1) is 19.2. The molecule has 0 N–H and O–H groups in total. The van der Waals surface area contributed by atoms with E-state index in [4.69, 9.17) is 4.98 Å². The average molecular weight is 563 g/mol. The van der Waals surface area contributed by atoms with Crippen molar-refractivity contribution in [3.63, 3.8) is 0 Å². The fourth-order valence-electron chi connectivity index (χ4n) is 7.57. The Balaban J connectivity index is 1.12. The second kappa shape index (κ2) is 11.2. The summed E-state index contributed by atoms with van der Waals surface area (Å²) in [4.78, 5) is 10.9. The highest BCUT2D eigenvalue weighted by Gasteiger charge is 2.37. The lowest BCUT2D eigenvalue weighted by Crippen LogP contribution is -2.56. The molecule has 0 spiro atoms. The van der Waals surface area contributed by atoms with Crippen molar-refractivity contribution in [2.75, 3.05) is 25.9 Å². The third-order valence-electron chi connectivity index (χ3n) is 10.2. The molecule has 40 heavy (non-hydrogen) atoms. The van der Waals surface area contributed by atoms with E-state index in [0.717, 1.165) is 34.9 Å². The summed E-state index contributed by atoms with van der Waals surface area (Å²) in [5.74, 6) is 1.54. The summed E-state index contributed by atoms with van der Waals surface area (Å²) in [5, 5.41) is 0. The predicted molar refractivity (Wildman–Crippen MR) is 163 cm³/mol. The maximum atomic E-state index is 11.8. The second-order valence-corrected chi connectivity index (χ2v) is 15.0. The minimum atomic E-state index is -3.21. The van der Waals surface area contributed by atoms with E-state index in [2.05, 4.69) is 53.4 Å². The molecule has 0 amide bonds. The molecule has 1 aromatic carbocycles. The van der Waals surface area contributed by atoms with Crippen molar-refractivity contribution >= 4 is 15.5 Å². The Morgan fingerprint density at radius 3 is 2.35 bits per heavy atom. The number of aryl methyl sites for hydroxylation is 1. The molecule has 0 radical (unpaired) electrons. The third kappa shape index (κ3) is 5.62. The van der Waals surface area contributed by atoms with Crippen LogP contribution < -0.4 is 0 Å². The molecule has 1 saturated carbocycles. The first-order valence-electron chi connectivity index (χ1n) is 15.5. The number of sulfone groups is 1. The molecule has 2 aliphatic heterocycles. The molecule has 4 heterocycles. The zero-order chi connectivity index (χ0) is 28.0. The monoisotopic (exact) mass is 562 g/mol. The standard InChI is InChI=1S/C33H46N4O2S/c1-5-29-19-30(18-24(3)37(29)20-25-7-6-8-25)35-15-13-26(14-16-35)28-17-23(2)33-34-32(22-36(33)21-28)27-9-11-31(12-10-27)40(4,38)39/h9-12,17,21-22,24-26,29-30H,5-8,13-16,18-20H2,1-4H3. The molecule has 216 valence electrons.